The third-order valence-electron chi connectivity index (χ3n) is 4.89. The fourth-order valence-electron chi connectivity index (χ4n) is 3.29. The molecule has 184 valence electrons. The summed E-state index contributed by atoms with van der Waals surface area (Å²) in [5.41, 5.74) is 1.38. The zero-order chi connectivity index (χ0) is 25.8. The molecule has 3 aromatic rings. The lowest BCUT2D eigenvalue weighted by atomic mass is 10.1. The molecule has 3 aromatic carbocycles. The molecule has 0 bridgehead atoms. The van der Waals surface area contributed by atoms with Crippen LogP contribution in [0, 0.1) is 5.82 Å². The molecule has 36 heavy (non-hydrogen) atoms. The molecule has 1 N–H and O–H groups in total. The molecular weight excluding hydrogens is 575 g/mol. The first-order valence-corrected chi connectivity index (χ1v) is 12.3. The van der Waals surface area contributed by atoms with Crippen LogP contribution in [0.25, 0.3) is 6.08 Å². The van der Waals surface area contributed by atoms with Crippen LogP contribution in [-0.4, -0.2) is 30.8 Å². The number of thioether (sulfide) groups is 1. The van der Waals surface area contributed by atoms with Gasteiger partial charge in [0.25, 0.3) is 17.1 Å². The van der Waals surface area contributed by atoms with Crippen LogP contribution in [0.2, 0.25) is 5.02 Å². The Morgan fingerprint density at radius 3 is 2.61 bits per heavy atom. The zero-order valence-electron chi connectivity index (χ0n) is 18.6. The molecule has 4 rings (SSSR count). The van der Waals surface area contributed by atoms with Crippen LogP contribution in [0.3, 0.4) is 0 Å². The van der Waals surface area contributed by atoms with E-state index in [4.69, 9.17) is 21.1 Å². The van der Waals surface area contributed by atoms with Gasteiger partial charge in [0.1, 0.15) is 5.82 Å². The molecule has 0 aromatic heterocycles. The molecular formula is C25H17BrClFN2O5S. The molecule has 1 fully saturated rings. The predicted molar refractivity (Wildman–Crippen MR) is 141 cm³/mol. The van der Waals surface area contributed by atoms with E-state index in [9.17, 15) is 18.8 Å². The number of amides is 3. The largest absolute Gasteiger partial charge is 0.493 e. The SMILES string of the molecule is COc1cc(/C=C2/SC(=O)N(c3cccc(Cl)c3)C2=O)cc(Br)c1OCC(=O)Nc1ccc(F)cc1. The molecule has 0 radical (unpaired) electrons. The van der Waals surface area contributed by atoms with Gasteiger partial charge in [-0.3, -0.25) is 14.4 Å². The molecule has 0 saturated carbocycles. The average Bonchev–Trinajstić information content (AvgIpc) is 3.12. The second-order valence-electron chi connectivity index (χ2n) is 7.37. The minimum Gasteiger partial charge on any atom is -0.493 e. The molecule has 0 aliphatic carbocycles. The van der Waals surface area contributed by atoms with Gasteiger partial charge in [-0.2, -0.15) is 0 Å². The smallest absolute Gasteiger partial charge is 0.298 e. The summed E-state index contributed by atoms with van der Waals surface area (Å²) < 4.78 is 24.5. The number of imide groups is 1. The number of hydrogen-bond acceptors (Lipinski definition) is 6. The third kappa shape index (κ3) is 5.89. The summed E-state index contributed by atoms with van der Waals surface area (Å²) in [5.74, 6) is -0.753. The Bertz CT molecular complexity index is 1380. The number of rotatable bonds is 7. The monoisotopic (exact) mass is 590 g/mol. The van der Waals surface area contributed by atoms with E-state index in [1.807, 2.05) is 0 Å². The van der Waals surface area contributed by atoms with Crippen LogP contribution in [0.1, 0.15) is 5.56 Å². The van der Waals surface area contributed by atoms with Crippen molar-refractivity contribution < 1.29 is 28.2 Å². The summed E-state index contributed by atoms with van der Waals surface area (Å²) in [6.45, 7) is -0.329. The molecule has 0 spiro atoms. The number of halogens is 3. The van der Waals surface area contributed by atoms with Gasteiger partial charge < -0.3 is 14.8 Å². The maximum atomic E-state index is 13.0. The summed E-state index contributed by atoms with van der Waals surface area (Å²) >= 11 is 10.2. The lowest BCUT2D eigenvalue weighted by molar-refractivity contribution is -0.118. The van der Waals surface area contributed by atoms with Gasteiger partial charge in [-0.15, -0.1) is 0 Å². The first kappa shape index (κ1) is 25.7. The van der Waals surface area contributed by atoms with Gasteiger partial charge in [-0.05, 0) is 93.9 Å². The van der Waals surface area contributed by atoms with Gasteiger partial charge in [0, 0.05) is 10.7 Å². The van der Waals surface area contributed by atoms with Crippen molar-refractivity contribution in [1.82, 2.24) is 0 Å². The first-order chi connectivity index (χ1) is 17.2. The maximum Gasteiger partial charge on any atom is 0.298 e. The minimum atomic E-state index is -0.472. The van der Waals surface area contributed by atoms with Gasteiger partial charge in [-0.25, -0.2) is 9.29 Å². The van der Waals surface area contributed by atoms with Crippen molar-refractivity contribution in [2.75, 3.05) is 23.9 Å². The van der Waals surface area contributed by atoms with Crippen molar-refractivity contribution in [3.05, 3.63) is 86.4 Å². The lowest BCUT2D eigenvalue weighted by Crippen LogP contribution is -2.27. The van der Waals surface area contributed by atoms with E-state index in [1.54, 1.807) is 42.5 Å². The Kier molecular flexibility index (Phi) is 7.97. The molecule has 11 heteroatoms. The number of hydrogen-bond donors (Lipinski definition) is 1. The van der Waals surface area contributed by atoms with E-state index in [0.29, 0.717) is 32.2 Å². The number of ether oxygens (including phenoxy) is 2. The van der Waals surface area contributed by atoms with Crippen LogP contribution < -0.4 is 19.7 Å². The molecule has 0 atom stereocenters. The highest BCUT2D eigenvalue weighted by Gasteiger charge is 2.36. The Labute approximate surface area is 223 Å². The van der Waals surface area contributed by atoms with E-state index in [0.717, 1.165) is 16.7 Å². The average molecular weight is 592 g/mol. The second kappa shape index (κ2) is 11.2. The third-order valence-corrected chi connectivity index (χ3v) is 6.58. The maximum absolute atomic E-state index is 13.0. The van der Waals surface area contributed by atoms with Crippen LogP contribution >= 0.6 is 39.3 Å². The molecule has 1 saturated heterocycles. The molecule has 1 aliphatic rings. The molecule has 0 unspecified atom stereocenters. The van der Waals surface area contributed by atoms with Gasteiger partial charge >= 0.3 is 0 Å². The first-order valence-electron chi connectivity index (χ1n) is 10.3. The highest BCUT2D eigenvalue weighted by atomic mass is 79.9. The second-order valence-corrected chi connectivity index (χ2v) is 9.66. The predicted octanol–water partition coefficient (Wildman–Crippen LogP) is 6.51. The molecule has 3 amide bonds. The Morgan fingerprint density at radius 2 is 1.92 bits per heavy atom. The van der Waals surface area contributed by atoms with Crippen molar-refractivity contribution in [1.29, 1.82) is 0 Å². The molecule has 1 heterocycles. The fourth-order valence-corrected chi connectivity index (χ4v) is 4.89. The highest BCUT2D eigenvalue weighted by molar-refractivity contribution is 9.10. The Hall–Kier alpha value is -3.34. The van der Waals surface area contributed by atoms with E-state index in [-0.39, 0.29) is 17.3 Å². The quantitative estimate of drug-likeness (QED) is 0.316. The van der Waals surface area contributed by atoms with Crippen molar-refractivity contribution in [2.45, 2.75) is 0 Å². The normalized spacial score (nSPS) is 14.3. The number of nitrogens with one attached hydrogen (secondary N) is 1. The van der Waals surface area contributed by atoms with E-state index in [2.05, 4.69) is 21.2 Å². The summed E-state index contributed by atoms with van der Waals surface area (Å²) in [6.07, 6.45) is 1.56. The Balaban J connectivity index is 1.50. The highest BCUT2D eigenvalue weighted by Crippen LogP contribution is 2.40. The molecule has 1 aliphatic heterocycles. The fraction of sp³-hybridized carbons (Fsp3) is 0.0800. The van der Waals surface area contributed by atoms with Crippen molar-refractivity contribution in [2.24, 2.45) is 0 Å². The number of carbonyl (C=O) groups excluding carboxylic acids is 3. The van der Waals surface area contributed by atoms with E-state index >= 15 is 0 Å². The van der Waals surface area contributed by atoms with Gasteiger partial charge in [0.15, 0.2) is 18.1 Å². The van der Waals surface area contributed by atoms with Crippen LogP contribution in [-0.2, 0) is 9.59 Å². The summed E-state index contributed by atoms with van der Waals surface area (Å²) in [7, 11) is 1.43. The number of methoxy groups -OCH3 is 1. The number of nitrogens with zero attached hydrogens (tertiary/aromatic N) is 1. The van der Waals surface area contributed by atoms with Crippen LogP contribution in [0.15, 0.2) is 70.0 Å². The van der Waals surface area contributed by atoms with E-state index < -0.39 is 22.9 Å². The van der Waals surface area contributed by atoms with Crippen LogP contribution in [0.4, 0.5) is 20.6 Å². The van der Waals surface area contributed by atoms with Crippen LogP contribution in [0.5, 0.6) is 11.5 Å². The van der Waals surface area contributed by atoms with Crippen molar-refractivity contribution in [3.63, 3.8) is 0 Å². The zero-order valence-corrected chi connectivity index (χ0v) is 21.7. The lowest BCUT2D eigenvalue weighted by Gasteiger charge is -2.14. The van der Waals surface area contributed by atoms with E-state index in [1.165, 1.54) is 31.4 Å². The molecule has 7 nitrogen and oxygen atoms in total. The summed E-state index contributed by atoms with van der Waals surface area (Å²) in [6, 6.07) is 15.1. The summed E-state index contributed by atoms with van der Waals surface area (Å²) in [4.78, 5) is 39.0. The number of carbonyl (C=O) groups is 3. The van der Waals surface area contributed by atoms with Crippen molar-refractivity contribution >= 4 is 73.8 Å². The number of benzene rings is 3. The van der Waals surface area contributed by atoms with Crippen molar-refractivity contribution in [3.8, 4) is 11.5 Å². The van der Waals surface area contributed by atoms with Gasteiger partial charge in [0.05, 0.1) is 22.2 Å². The summed E-state index contributed by atoms with van der Waals surface area (Å²) in [5, 5.41) is 2.57. The minimum absolute atomic E-state index is 0.223. The van der Waals surface area contributed by atoms with Gasteiger partial charge in [-0.1, -0.05) is 17.7 Å². The standard InChI is InChI=1S/C25H17BrClFN2O5S/c1-34-20-10-14(11-21-24(32)30(25(33)36-21)18-4-2-3-15(27)12-18)9-19(26)23(20)35-13-22(31)29-17-7-5-16(28)6-8-17/h2-12H,13H2,1H3,(H,29,31)/b21-11+. The van der Waals surface area contributed by atoms with Gasteiger partial charge in [0.2, 0.25) is 0 Å². The number of anilines is 2. The topological polar surface area (TPSA) is 84.9 Å². The Morgan fingerprint density at radius 1 is 1.17 bits per heavy atom.